The van der Waals surface area contributed by atoms with Gasteiger partial charge in [-0.25, -0.2) is 14.4 Å². The Bertz CT molecular complexity index is 616. The van der Waals surface area contributed by atoms with E-state index in [2.05, 4.69) is 27.5 Å². The highest BCUT2D eigenvalue weighted by atomic mass is 19.1. The van der Waals surface area contributed by atoms with Gasteiger partial charge in [0.2, 0.25) is 0 Å². The Morgan fingerprint density at radius 1 is 1.23 bits per heavy atom. The fraction of sp³-hybridized carbons (Fsp3) is 0.312. The summed E-state index contributed by atoms with van der Waals surface area (Å²) in [6, 6.07) is 7.81. The lowest BCUT2D eigenvalue weighted by atomic mass is 10.2. The van der Waals surface area contributed by atoms with Gasteiger partial charge in [-0.15, -0.1) is 0 Å². The van der Waals surface area contributed by atoms with Gasteiger partial charge in [-0.3, -0.25) is 4.79 Å². The Kier molecular flexibility index (Phi) is 5.82. The van der Waals surface area contributed by atoms with Crippen molar-refractivity contribution in [1.82, 2.24) is 15.3 Å². The lowest BCUT2D eigenvalue weighted by Gasteiger charge is -2.07. The molecule has 0 unspecified atom stereocenters. The number of hydrogen-bond donors (Lipinski definition) is 2. The SMILES string of the molecule is CCCCNC(=O)c1cc(NCc2ccc(F)cc2)ncn1. The van der Waals surface area contributed by atoms with Crippen LogP contribution in [0.4, 0.5) is 10.2 Å². The number of unbranched alkanes of at least 4 members (excludes halogenated alkanes) is 1. The second kappa shape index (κ2) is 8.07. The van der Waals surface area contributed by atoms with E-state index in [0.717, 1.165) is 18.4 Å². The van der Waals surface area contributed by atoms with E-state index < -0.39 is 0 Å². The average molecular weight is 302 g/mol. The van der Waals surface area contributed by atoms with Crippen molar-refractivity contribution in [2.24, 2.45) is 0 Å². The van der Waals surface area contributed by atoms with Crippen molar-refractivity contribution in [3.05, 3.63) is 53.7 Å². The molecule has 5 nitrogen and oxygen atoms in total. The minimum absolute atomic E-state index is 0.208. The number of benzene rings is 1. The first-order chi connectivity index (χ1) is 10.7. The van der Waals surface area contributed by atoms with Crippen molar-refractivity contribution in [2.45, 2.75) is 26.3 Å². The van der Waals surface area contributed by atoms with Gasteiger partial charge in [0.15, 0.2) is 0 Å². The molecule has 1 amide bonds. The van der Waals surface area contributed by atoms with Crippen LogP contribution < -0.4 is 10.6 Å². The molecule has 1 aromatic heterocycles. The van der Waals surface area contributed by atoms with Crippen LogP contribution in [-0.2, 0) is 6.54 Å². The van der Waals surface area contributed by atoms with Gasteiger partial charge in [0.1, 0.15) is 23.7 Å². The number of nitrogens with zero attached hydrogens (tertiary/aromatic N) is 2. The Balaban J connectivity index is 1.93. The van der Waals surface area contributed by atoms with E-state index in [9.17, 15) is 9.18 Å². The highest BCUT2D eigenvalue weighted by Crippen LogP contribution is 2.08. The summed E-state index contributed by atoms with van der Waals surface area (Å²) in [4.78, 5) is 20.0. The van der Waals surface area contributed by atoms with E-state index in [4.69, 9.17) is 0 Å². The molecule has 0 aliphatic rings. The lowest BCUT2D eigenvalue weighted by molar-refractivity contribution is 0.0948. The predicted octanol–water partition coefficient (Wildman–Crippen LogP) is 2.76. The summed E-state index contributed by atoms with van der Waals surface area (Å²) >= 11 is 0. The van der Waals surface area contributed by atoms with Crippen LogP contribution in [0.2, 0.25) is 0 Å². The summed E-state index contributed by atoms with van der Waals surface area (Å²) in [5, 5.41) is 5.90. The van der Waals surface area contributed by atoms with Crippen LogP contribution in [0.5, 0.6) is 0 Å². The maximum absolute atomic E-state index is 12.8. The molecule has 1 aromatic carbocycles. The summed E-state index contributed by atoms with van der Waals surface area (Å²) in [6.45, 7) is 3.19. The average Bonchev–Trinajstić information content (AvgIpc) is 2.55. The number of anilines is 1. The number of rotatable bonds is 7. The zero-order valence-electron chi connectivity index (χ0n) is 12.5. The summed E-state index contributed by atoms with van der Waals surface area (Å²) in [5.74, 6) is 0.0810. The van der Waals surface area contributed by atoms with Crippen LogP contribution in [0.3, 0.4) is 0 Å². The van der Waals surface area contributed by atoms with Crippen LogP contribution in [0.25, 0.3) is 0 Å². The smallest absolute Gasteiger partial charge is 0.270 e. The van der Waals surface area contributed by atoms with Gasteiger partial charge in [0.05, 0.1) is 0 Å². The third kappa shape index (κ3) is 4.80. The van der Waals surface area contributed by atoms with Crippen molar-refractivity contribution in [3.63, 3.8) is 0 Å². The summed E-state index contributed by atoms with van der Waals surface area (Å²) in [7, 11) is 0. The molecule has 2 aromatic rings. The van der Waals surface area contributed by atoms with Crippen molar-refractivity contribution in [3.8, 4) is 0 Å². The zero-order valence-corrected chi connectivity index (χ0v) is 12.5. The van der Waals surface area contributed by atoms with Crippen molar-refractivity contribution < 1.29 is 9.18 Å². The molecule has 0 atom stereocenters. The minimum Gasteiger partial charge on any atom is -0.366 e. The first kappa shape index (κ1) is 15.9. The van der Waals surface area contributed by atoms with Gasteiger partial charge >= 0.3 is 0 Å². The number of aromatic nitrogens is 2. The van der Waals surface area contributed by atoms with Crippen LogP contribution in [0, 0.1) is 5.82 Å². The van der Waals surface area contributed by atoms with Crippen LogP contribution >= 0.6 is 0 Å². The molecule has 6 heteroatoms. The first-order valence-electron chi connectivity index (χ1n) is 7.27. The van der Waals surface area contributed by atoms with Gasteiger partial charge in [0, 0.05) is 19.2 Å². The predicted molar refractivity (Wildman–Crippen MR) is 83.0 cm³/mol. The van der Waals surface area contributed by atoms with Crippen LogP contribution in [-0.4, -0.2) is 22.4 Å². The topological polar surface area (TPSA) is 66.9 Å². The summed E-state index contributed by atoms with van der Waals surface area (Å²) < 4.78 is 12.8. The van der Waals surface area contributed by atoms with Gasteiger partial charge in [0.25, 0.3) is 5.91 Å². The monoisotopic (exact) mass is 302 g/mol. The first-order valence-corrected chi connectivity index (χ1v) is 7.27. The highest BCUT2D eigenvalue weighted by Gasteiger charge is 2.07. The fourth-order valence-electron chi connectivity index (χ4n) is 1.84. The highest BCUT2D eigenvalue weighted by molar-refractivity contribution is 5.92. The molecule has 1 heterocycles. The lowest BCUT2D eigenvalue weighted by Crippen LogP contribution is -2.25. The molecular formula is C16H19FN4O. The molecular weight excluding hydrogens is 283 g/mol. The number of hydrogen-bond acceptors (Lipinski definition) is 4. The zero-order chi connectivity index (χ0) is 15.8. The molecule has 0 spiro atoms. The second-order valence-electron chi connectivity index (χ2n) is 4.88. The minimum atomic E-state index is -0.267. The molecule has 0 aliphatic carbocycles. The molecule has 0 fully saturated rings. The number of amides is 1. The van der Waals surface area contributed by atoms with Gasteiger partial charge in [-0.2, -0.15) is 0 Å². The normalized spacial score (nSPS) is 10.3. The number of carbonyl (C=O) groups is 1. The van der Waals surface area contributed by atoms with E-state index in [1.165, 1.54) is 18.5 Å². The Morgan fingerprint density at radius 2 is 2.00 bits per heavy atom. The van der Waals surface area contributed by atoms with Crippen LogP contribution in [0.15, 0.2) is 36.7 Å². The standard InChI is InChI=1S/C16H19FN4O/c1-2-3-8-18-16(22)14-9-15(21-11-20-14)19-10-12-4-6-13(17)7-5-12/h4-7,9,11H,2-3,8,10H2,1H3,(H,18,22)(H,19,20,21). The van der Waals surface area contributed by atoms with Gasteiger partial charge in [-0.05, 0) is 24.1 Å². The molecule has 0 saturated carbocycles. The fourth-order valence-corrected chi connectivity index (χ4v) is 1.84. The van der Waals surface area contributed by atoms with Crippen molar-refractivity contribution >= 4 is 11.7 Å². The molecule has 0 bridgehead atoms. The molecule has 0 saturated heterocycles. The number of nitrogens with one attached hydrogen (secondary N) is 2. The van der Waals surface area contributed by atoms with E-state index in [1.54, 1.807) is 18.2 Å². The summed E-state index contributed by atoms with van der Waals surface area (Å²) in [5.41, 5.74) is 1.25. The largest absolute Gasteiger partial charge is 0.366 e. The third-order valence-corrected chi connectivity index (χ3v) is 3.10. The third-order valence-electron chi connectivity index (χ3n) is 3.10. The van der Waals surface area contributed by atoms with Crippen LogP contribution in [0.1, 0.15) is 35.8 Å². The van der Waals surface area contributed by atoms with Crippen molar-refractivity contribution in [1.29, 1.82) is 0 Å². The molecule has 22 heavy (non-hydrogen) atoms. The Hall–Kier alpha value is -2.50. The summed E-state index contributed by atoms with van der Waals surface area (Å²) in [6.07, 6.45) is 3.31. The maximum Gasteiger partial charge on any atom is 0.270 e. The Labute approximate surface area is 129 Å². The van der Waals surface area contributed by atoms with E-state index in [-0.39, 0.29) is 11.7 Å². The molecule has 2 rings (SSSR count). The Morgan fingerprint density at radius 3 is 2.73 bits per heavy atom. The van der Waals surface area contributed by atoms with E-state index in [0.29, 0.717) is 24.6 Å². The molecule has 0 radical (unpaired) electrons. The number of carbonyl (C=O) groups excluding carboxylic acids is 1. The molecule has 0 aliphatic heterocycles. The molecule has 2 N–H and O–H groups in total. The van der Waals surface area contributed by atoms with Gasteiger partial charge in [-0.1, -0.05) is 25.5 Å². The van der Waals surface area contributed by atoms with Gasteiger partial charge < -0.3 is 10.6 Å². The second-order valence-corrected chi connectivity index (χ2v) is 4.88. The van der Waals surface area contributed by atoms with Crippen molar-refractivity contribution in [2.75, 3.05) is 11.9 Å². The maximum atomic E-state index is 12.8. The van der Waals surface area contributed by atoms with E-state index in [1.807, 2.05) is 0 Å². The number of halogens is 1. The quantitative estimate of drug-likeness (QED) is 0.772. The van der Waals surface area contributed by atoms with E-state index >= 15 is 0 Å². The molecule has 116 valence electrons.